The predicted molar refractivity (Wildman–Crippen MR) is 100 cm³/mol. The van der Waals surface area contributed by atoms with Gasteiger partial charge >= 0.3 is 0 Å². The molecule has 0 aromatic heterocycles. The van der Waals surface area contributed by atoms with Crippen LogP contribution in [0, 0.1) is 10.1 Å². The minimum Gasteiger partial charge on any atom is -0.497 e. The lowest BCUT2D eigenvalue weighted by molar-refractivity contribution is -0.384. The molecule has 27 heavy (non-hydrogen) atoms. The molecule has 8 heteroatoms. The number of ether oxygens (including phenoxy) is 2. The maximum atomic E-state index is 12.4. The van der Waals surface area contributed by atoms with Crippen molar-refractivity contribution < 1.29 is 19.2 Å². The lowest BCUT2D eigenvalue weighted by Gasteiger charge is -2.10. The fraction of sp³-hybridized carbons (Fsp3) is 0.316. The van der Waals surface area contributed by atoms with Gasteiger partial charge in [0.2, 0.25) is 0 Å². The summed E-state index contributed by atoms with van der Waals surface area (Å²) >= 11 is 0. The first-order valence-electron chi connectivity index (χ1n) is 8.55. The molecule has 1 saturated carbocycles. The fourth-order valence-electron chi connectivity index (χ4n) is 2.65. The molecule has 0 spiro atoms. The summed E-state index contributed by atoms with van der Waals surface area (Å²) in [5, 5.41) is 17.2. The molecule has 1 aliphatic carbocycles. The van der Waals surface area contributed by atoms with Crippen LogP contribution >= 0.6 is 0 Å². The summed E-state index contributed by atoms with van der Waals surface area (Å²) in [5.74, 6) is 0.840. The molecule has 0 heterocycles. The molecule has 3 rings (SSSR count). The number of rotatable bonds is 8. The number of nitrogens with one attached hydrogen (secondary N) is 2. The van der Waals surface area contributed by atoms with Gasteiger partial charge < -0.3 is 20.1 Å². The van der Waals surface area contributed by atoms with Gasteiger partial charge in [-0.05, 0) is 42.7 Å². The Morgan fingerprint density at radius 3 is 2.37 bits per heavy atom. The second-order valence-electron chi connectivity index (χ2n) is 6.31. The minimum atomic E-state index is -0.478. The Morgan fingerprint density at radius 2 is 1.81 bits per heavy atom. The molecule has 1 amide bonds. The van der Waals surface area contributed by atoms with Crippen LogP contribution in [0.5, 0.6) is 11.5 Å². The highest BCUT2D eigenvalue weighted by molar-refractivity contribution is 5.95. The van der Waals surface area contributed by atoms with Gasteiger partial charge in [-0.2, -0.15) is 0 Å². The van der Waals surface area contributed by atoms with Gasteiger partial charge in [0, 0.05) is 30.3 Å². The van der Waals surface area contributed by atoms with Gasteiger partial charge in [-0.1, -0.05) is 0 Å². The zero-order valence-corrected chi connectivity index (χ0v) is 15.2. The summed E-state index contributed by atoms with van der Waals surface area (Å²) in [4.78, 5) is 23.3. The first-order valence-corrected chi connectivity index (χ1v) is 8.55. The number of nitrogens with zero attached hydrogens (tertiary/aromatic N) is 1. The van der Waals surface area contributed by atoms with E-state index in [-0.39, 0.29) is 23.8 Å². The Morgan fingerprint density at radius 1 is 1.15 bits per heavy atom. The van der Waals surface area contributed by atoms with Crippen LogP contribution in [-0.2, 0) is 6.54 Å². The standard InChI is InChI=1S/C19H21N3O5/c1-26-15-7-12(8-16(10-15)27-2)11-20-19(23)13-3-6-17(21-14-4-5-14)18(9-13)22(24)25/h3,6-10,14,21H,4-5,11H2,1-2H3,(H,20,23). The Kier molecular flexibility index (Phi) is 5.44. The van der Waals surface area contributed by atoms with Gasteiger partial charge in [0.05, 0.1) is 19.1 Å². The molecule has 0 radical (unpaired) electrons. The summed E-state index contributed by atoms with van der Waals surface area (Å²) in [7, 11) is 3.10. The van der Waals surface area contributed by atoms with E-state index in [0.29, 0.717) is 17.2 Å². The normalized spacial score (nSPS) is 13.0. The molecule has 2 aromatic rings. The van der Waals surface area contributed by atoms with E-state index in [0.717, 1.165) is 18.4 Å². The van der Waals surface area contributed by atoms with Crippen molar-refractivity contribution in [1.29, 1.82) is 0 Å². The lowest BCUT2D eigenvalue weighted by Crippen LogP contribution is -2.23. The van der Waals surface area contributed by atoms with Crippen molar-refractivity contribution in [2.24, 2.45) is 0 Å². The van der Waals surface area contributed by atoms with Gasteiger partial charge in [0.15, 0.2) is 0 Å². The molecule has 0 bridgehead atoms. The minimum absolute atomic E-state index is 0.0994. The Labute approximate surface area is 156 Å². The highest BCUT2D eigenvalue weighted by Gasteiger charge is 2.25. The van der Waals surface area contributed by atoms with Gasteiger partial charge in [-0.25, -0.2) is 0 Å². The van der Waals surface area contributed by atoms with E-state index in [9.17, 15) is 14.9 Å². The van der Waals surface area contributed by atoms with E-state index in [4.69, 9.17) is 9.47 Å². The van der Waals surface area contributed by atoms with E-state index in [1.807, 2.05) is 0 Å². The number of carbonyl (C=O) groups excluding carboxylic acids is 1. The Hall–Kier alpha value is -3.29. The van der Waals surface area contributed by atoms with E-state index in [1.165, 1.54) is 6.07 Å². The van der Waals surface area contributed by atoms with Crippen molar-refractivity contribution in [2.45, 2.75) is 25.4 Å². The number of benzene rings is 2. The van der Waals surface area contributed by atoms with Crippen LogP contribution in [0.3, 0.4) is 0 Å². The summed E-state index contributed by atoms with van der Waals surface area (Å²) in [6, 6.07) is 10.1. The largest absolute Gasteiger partial charge is 0.497 e. The number of carbonyl (C=O) groups is 1. The molecule has 142 valence electrons. The second-order valence-corrected chi connectivity index (χ2v) is 6.31. The van der Waals surface area contributed by atoms with Crippen molar-refractivity contribution >= 4 is 17.3 Å². The summed E-state index contributed by atoms with van der Waals surface area (Å²) in [5.41, 5.74) is 1.37. The fourth-order valence-corrected chi connectivity index (χ4v) is 2.65. The molecule has 0 aliphatic heterocycles. The molecule has 2 aromatic carbocycles. The molecule has 1 fully saturated rings. The van der Waals surface area contributed by atoms with Crippen LogP contribution in [0.15, 0.2) is 36.4 Å². The molecule has 0 saturated heterocycles. The van der Waals surface area contributed by atoms with Crippen molar-refractivity contribution in [2.75, 3.05) is 19.5 Å². The number of hydrogen-bond donors (Lipinski definition) is 2. The molecule has 1 aliphatic rings. The van der Waals surface area contributed by atoms with Crippen LogP contribution in [-0.4, -0.2) is 31.1 Å². The maximum absolute atomic E-state index is 12.4. The first kappa shape index (κ1) is 18.5. The van der Waals surface area contributed by atoms with E-state index in [2.05, 4.69) is 10.6 Å². The molecule has 0 unspecified atom stereocenters. The van der Waals surface area contributed by atoms with Crippen LogP contribution in [0.4, 0.5) is 11.4 Å². The third-order valence-electron chi connectivity index (χ3n) is 4.26. The number of nitro groups is 1. The quantitative estimate of drug-likeness (QED) is 0.546. The van der Waals surface area contributed by atoms with E-state index >= 15 is 0 Å². The van der Waals surface area contributed by atoms with Crippen LogP contribution in [0.2, 0.25) is 0 Å². The first-order chi connectivity index (χ1) is 13.0. The molecule has 0 atom stereocenters. The van der Waals surface area contributed by atoms with Gasteiger partial charge in [-0.3, -0.25) is 14.9 Å². The summed E-state index contributed by atoms with van der Waals surface area (Å²) in [6.45, 7) is 0.238. The maximum Gasteiger partial charge on any atom is 0.293 e. The third kappa shape index (κ3) is 4.66. The van der Waals surface area contributed by atoms with Gasteiger partial charge in [-0.15, -0.1) is 0 Å². The number of nitro benzene ring substituents is 1. The second kappa shape index (κ2) is 7.94. The molecular weight excluding hydrogens is 350 g/mol. The average molecular weight is 371 g/mol. The topological polar surface area (TPSA) is 103 Å². The monoisotopic (exact) mass is 371 g/mol. The Bertz CT molecular complexity index is 842. The number of anilines is 1. The zero-order chi connectivity index (χ0) is 19.4. The smallest absolute Gasteiger partial charge is 0.293 e. The number of methoxy groups -OCH3 is 2. The summed E-state index contributed by atoms with van der Waals surface area (Å²) in [6.07, 6.45) is 2.01. The van der Waals surface area contributed by atoms with Crippen LogP contribution < -0.4 is 20.1 Å². The molecule has 2 N–H and O–H groups in total. The van der Waals surface area contributed by atoms with Crippen LogP contribution in [0.25, 0.3) is 0 Å². The predicted octanol–water partition coefficient (Wildman–Crippen LogP) is 3.12. The van der Waals surface area contributed by atoms with E-state index < -0.39 is 10.8 Å². The van der Waals surface area contributed by atoms with Gasteiger partial charge in [0.25, 0.3) is 11.6 Å². The van der Waals surface area contributed by atoms with Crippen molar-refractivity contribution in [3.8, 4) is 11.5 Å². The average Bonchev–Trinajstić information content (AvgIpc) is 3.49. The van der Waals surface area contributed by atoms with Crippen molar-refractivity contribution in [3.05, 3.63) is 57.6 Å². The Balaban J connectivity index is 1.72. The number of amides is 1. The summed E-state index contributed by atoms with van der Waals surface area (Å²) < 4.78 is 10.4. The SMILES string of the molecule is COc1cc(CNC(=O)c2ccc(NC3CC3)c([N+](=O)[O-])c2)cc(OC)c1. The van der Waals surface area contributed by atoms with E-state index in [1.54, 1.807) is 44.6 Å². The zero-order valence-electron chi connectivity index (χ0n) is 15.2. The van der Waals surface area contributed by atoms with Crippen molar-refractivity contribution in [3.63, 3.8) is 0 Å². The number of hydrogen-bond acceptors (Lipinski definition) is 6. The van der Waals surface area contributed by atoms with Crippen molar-refractivity contribution in [1.82, 2.24) is 5.32 Å². The third-order valence-corrected chi connectivity index (χ3v) is 4.26. The molecular formula is C19H21N3O5. The lowest BCUT2D eigenvalue weighted by atomic mass is 10.1. The highest BCUT2D eigenvalue weighted by atomic mass is 16.6. The van der Waals surface area contributed by atoms with Crippen LogP contribution in [0.1, 0.15) is 28.8 Å². The van der Waals surface area contributed by atoms with Gasteiger partial charge in [0.1, 0.15) is 17.2 Å². The highest BCUT2D eigenvalue weighted by Crippen LogP contribution is 2.31. The molecule has 8 nitrogen and oxygen atoms in total.